The van der Waals surface area contributed by atoms with Gasteiger partial charge in [0.25, 0.3) is 5.56 Å². The lowest BCUT2D eigenvalue weighted by Gasteiger charge is -2.09. The zero-order valence-electron chi connectivity index (χ0n) is 8.96. The van der Waals surface area contributed by atoms with E-state index in [0.717, 1.165) is 11.3 Å². The van der Waals surface area contributed by atoms with Gasteiger partial charge in [0.1, 0.15) is 5.75 Å². The topological polar surface area (TPSA) is 44.1 Å². The van der Waals surface area contributed by atoms with E-state index in [1.165, 1.54) is 23.2 Å². The number of hydrogen-bond donors (Lipinski definition) is 0. The Bertz CT molecular complexity index is 534. The van der Waals surface area contributed by atoms with E-state index >= 15 is 0 Å². The molecule has 0 amide bonds. The lowest BCUT2D eigenvalue weighted by molar-refractivity contribution is 0.408. The third-order valence-electron chi connectivity index (χ3n) is 2.33. The quantitative estimate of drug-likeness (QED) is 0.776. The Morgan fingerprint density at radius 2 is 2.12 bits per heavy atom. The van der Waals surface area contributed by atoms with Crippen LogP contribution in [0.1, 0.15) is 5.56 Å². The van der Waals surface area contributed by atoms with Crippen LogP contribution < -0.4 is 10.3 Å². The maximum Gasteiger partial charge on any atom is 0.253 e. The number of hydrogen-bond acceptors (Lipinski definition) is 3. The Balaban J connectivity index is 2.34. The first-order valence-electron chi connectivity index (χ1n) is 4.93. The van der Waals surface area contributed by atoms with Crippen molar-refractivity contribution in [3.63, 3.8) is 0 Å². The minimum absolute atomic E-state index is 0.0686. The highest BCUT2D eigenvalue weighted by molar-refractivity contribution is 5.33. The van der Waals surface area contributed by atoms with Gasteiger partial charge in [0.2, 0.25) is 0 Å². The van der Waals surface area contributed by atoms with Gasteiger partial charge in [-0.05, 0) is 6.07 Å². The third kappa shape index (κ3) is 2.11. The van der Waals surface area contributed by atoms with Crippen molar-refractivity contribution in [3.05, 3.63) is 58.8 Å². The van der Waals surface area contributed by atoms with E-state index in [4.69, 9.17) is 4.74 Å². The summed E-state index contributed by atoms with van der Waals surface area (Å²) in [6, 6.07) is 9.05. The second-order valence-corrected chi connectivity index (χ2v) is 3.36. The molecule has 0 aliphatic carbocycles. The Morgan fingerprint density at radius 3 is 2.88 bits per heavy atom. The molecule has 0 spiro atoms. The Kier molecular flexibility index (Phi) is 3.00. The number of methoxy groups -OCH3 is 1. The van der Waals surface area contributed by atoms with Crippen LogP contribution in [0, 0.1) is 0 Å². The van der Waals surface area contributed by atoms with E-state index in [1.54, 1.807) is 7.11 Å². The predicted molar refractivity (Wildman–Crippen MR) is 60.6 cm³/mol. The first-order valence-corrected chi connectivity index (χ1v) is 4.93. The number of benzene rings is 1. The van der Waals surface area contributed by atoms with E-state index in [-0.39, 0.29) is 5.56 Å². The van der Waals surface area contributed by atoms with Gasteiger partial charge in [-0.15, -0.1) is 0 Å². The minimum atomic E-state index is -0.0686. The molecule has 0 N–H and O–H groups in total. The summed E-state index contributed by atoms with van der Waals surface area (Å²) in [7, 11) is 1.62. The van der Waals surface area contributed by atoms with Gasteiger partial charge in [-0.25, -0.2) is 4.98 Å². The molecule has 0 aliphatic rings. The van der Waals surface area contributed by atoms with E-state index in [9.17, 15) is 4.79 Å². The fraction of sp³-hybridized carbons (Fsp3) is 0.167. The van der Waals surface area contributed by atoms with E-state index in [1.807, 2.05) is 24.3 Å². The van der Waals surface area contributed by atoms with Crippen LogP contribution in [0.4, 0.5) is 0 Å². The van der Waals surface area contributed by atoms with Gasteiger partial charge in [-0.2, -0.15) is 0 Å². The van der Waals surface area contributed by atoms with Gasteiger partial charge >= 0.3 is 0 Å². The average molecular weight is 216 g/mol. The van der Waals surface area contributed by atoms with Gasteiger partial charge in [0.05, 0.1) is 20.0 Å². The van der Waals surface area contributed by atoms with Crippen molar-refractivity contribution in [2.75, 3.05) is 7.11 Å². The summed E-state index contributed by atoms with van der Waals surface area (Å²) < 4.78 is 6.76. The predicted octanol–water partition coefficient (Wildman–Crippen LogP) is 1.30. The summed E-state index contributed by atoms with van der Waals surface area (Å²) in [5.74, 6) is 0.776. The highest BCUT2D eigenvalue weighted by atomic mass is 16.5. The summed E-state index contributed by atoms with van der Waals surface area (Å²) in [5.41, 5.74) is 0.890. The molecule has 0 atom stereocenters. The smallest absolute Gasteiger partial charge is 0.253 e. The van der Waals surface area contributed by atoms with Crippen LogP contribution in [0.5, 0.6) is 5.75 Å². The summed E-state index contributed by atoms with van der Waals surface area (Å²) in [6.07, 6.45) is 3.01. The molecule has 0 fully saturated rings. The lowest BCUT2D eigenvalue weighted by atomic mass is 10.2. The van der Waals surface area contributed by atoms with Crippen LogP contribution in [-0.4, -0.2) is 16.7 Å². The van der Waals surface area contributed by atoms with Crippen LogP contribution in [0.15, 0.2) is 47.7 Å². The molecule has 0 aliphatic heterocycles. The molecule has 82 valence electrons. The number of para-hydroxylation sites is 1. The lowest BCUT2D eigenvalue weighted by Crippen LogP contribution is -2.19. The van der Waals surface area contributed by atoms with Crippen molar-refractivity contribution in [1.82, 2.24) is 9.55 Å². The Morgan fingerprint density at radius 1 is 1.31 bits per heavy atom. The molecule has 1 aromatic heterocycles. The van der Waals surface area contributed by atoms with Gasteiger partial charge in [-0.1, -0.05) is 18.2 Å². The van der Waals surface area contributed by atoms with Crippen molar-refractivity contribution in [2.45, 2.75) is 6.54 Å². The zero-order valence-corrected chi connectivity index (χ0v) is 8.96. The molecule has 0 saturated carbocycles. The van der Waals surface area contributed by atoms with Crippen LogP contribution in [-0.2, 0) is 6.54 Å². The van der Waals surface area contributed by atoms with Crippen molar-refractivity contribution in [3.8, 4) is 5.75 Å². The standard InChI is InChI=1S/C12H12N2O2/c1-16-11-5-3-2-4-10(11)8-14-9-13-7-6-12(14)15/h2-7,9H,8H2,1H3. The van der Waals surface area contributed by atoms with Gasteiger partial charge in [0.15, 0.2) is 0 Å². The second kappa shape index (κ2) is 4.61. The number of ether oxygens (including phenoxy) is 1. The van der Waals surface area contributed by atoms with Crippen LogP contribution >= 0.6 is 0 Å². The molecule has 4 nitrogen and oxygen atoms in total. The maximum absolute atomic E-state index is 11.5. The molecule has 2 rings (SSSR count). The van der Waals surface area contributed by atoms with Crippen molar-refractivity contribution in [1.29, 1.82) is 0 Å². The van der Waals surface area contributed by atoms with Crippen LogP contribution in [0.3, 0.4) is 0 Å². The monoisotopic (exact) mass is 216 g/mol. The molecule has 0 unspecified atom stereocenters. The highest BCUT2D eigenvalue weighted by Crippen LogP contribution is 2.17. The number of aromatic nitrogens is 2. The first-order chi connectivity index (χ1) is 7.81. The largest absolute Gasteiger partial charge is 0.496 e. The molecule has 16 heavy (non-hydrogen) atoms. The molecule has 0 radical (unpaired) electrons. The Labute approximate surface area is 93.1 Å². The van der Waals surface area contributed by atoms with Crippen LogP contribution in [0.25, 0.3) is 0 Å². The fourth-order valence-electron chi connectivity index (χ4n) is 1.51. The minimum Gasteiger partial charge on any atom is -0.496 e. The second-order valence-electron chi connectivity index (χ2n) is 3.36. The molecule has 0 saturated heterocycles. The summed E-state index contributed by atoms with van der Waals surface area (Å²) in [6.45, 7) is 0.469. The van der Waals surface area contributed by atoms with Crippen molar-refractivity contribution < 1.29 is 4.74 Å². The van der Waals surface area contributed by atoms with Crippen molar-refractivity contribution >= 4 is 0 Å². The van der Waals surface area contributed by atoms with Gasteiger partial charge < -0.3 is 4.74 Å². The maximum atomic E-state index is 11.5. The average Bonchev–Trinajstić information content (AvgIpc) is 2.33. The normalized spacial score (nSPS) is 10.1. The van der Waals surface area contributed by atoms with E-state index in [2.05, 4.69) is 4.98 Å². The SMILES string of the molecule is COc1ccccc1Cn1cnccc1=O. The van der Waals surface area contributed by atoms with E-state index in [0.29, 0.717) is 6.54 Å². The van der Waals surface area contributed by atoms with Crippen LogP contribution in [0.2, 0.25) is 0 Å². The molecule has 1 aromatic carbocycles. The first kappa shape index (κ1) is 10.4. The molecule has 4 heteroatoms. The fourth-order valence-corrected chi connectivity index (χ4v) is 1.51. The number of rotatable bonds is 3. The zero-order chi connectivity index (χ0) is 11.4. The van der Waals surface area contributed by atoms with Crippen molar-refractivity contribution in [2.24, 2.45) is 0 Å². The molecular formula is C12H12N2O2. The third-order valence-corrected chi connectivity index (χ3v) is 2.33. The summed E-state index contributed by atoms with van der Waals surface area (Å²) >= 11 is 0. The van der Waals surface area contributed by atoms with Gasteiger partial charge in [-0.3, -0.25) is 9.36 Å². The Hall–Kier alpha value is -2.10. The molecule has 1 heterocycles. The molecular weight excluding hydrogens is 204 g/mol. The highest BCUT2D eigenvalue weighted by Gasteiger charge is 2.03. The molecule has 0 bridgehead atoms. The summed E-state index contributed by atoms with van der Waals surface area (Å²) in [4.78, 5) is 15.4. The number of nitrogens with zero attached hydrogens (tertiary/aromatic N) is 2. The van der Waals surface area contributed by atoms with E-state index < -0.39 is 0 Å². The summed E-state index contributed by atoms with van der Waals surface area (Å²) in [5, 5.41) is 0. The van der Waals surface area contributed by atoms with Gasteiger partial charge in [0, 0.05) is 17.8 Å². The molecule has 2 aromatic rings.